The molecule has 3 heterocycles. The SMILES string of the molecule is CCn1c(N2CCN(c3ccccc3F)CC2)c(/C=C2/SC(=S)N(C3CCCCC3)C2=O)c(C)c(C#N)c1=O. The number of para-hydroxylation sites is 1. The van der Waals surface area contributed by atoms with E-state index >= 15 is 0 Å². The highest BCUT2D eigenvalue weighted by Gasteiger charge is 2.38. The van der Waals surface area contributed by atoms with Crippen molar-refractivity contribution < 1.29 is 9.18 Å². The van der Waals surface area contributed by atoms with Crippen molar-refractivity contribution in [2.75, 3.05) is 36.0 Å². The predicted octanol–water partition coefficient (Wildman–Crippen LogP) is 5.05. The lowest BCUT2D eigenvalue weighted by molar-refractivity contribution is -0.124. The normalized spacial score (nSPS) is 19.7. The van der Waals surface area contributed by atoms with Crippen molar-refractivity contribution in [3.05, 3.63) is 62.0 Å². The maximum absolute atomic E-state index is 14.4. The molecule has 0 radical (unpaired) electrons. The van der Waals surface area contributed by atoms with Gasteiger partial charge in [0.2, 0.25) is 0 Å². The van der Waals surface area contributed by atoms with Gasteiger partial charge in [0.05, 0.1) is 10.6 Å². The first-order valence-corrected chi connectivity index (χ1v) is 14.8. The third-order valence-corrected chi connectivity index (χ3v) is 9.30. The molecule has 39 heavy (non-hydrogen) atoms. The number of aromatic nitrogens is 1. The second-order valence-corrected chi connectivity index (χ2v) is 11.8. The van der Waals surface area contributed by atoms with Crippen LogP contribution in [0.5, 0.6) is 0 Å². The Bertz CT molecular complexity index is 1430. The number of carbonyl (C=O) groups is 1. The van der Waals surface area contributed by atoms with Gasteiger partial charge < -0.3 is 9.80 Å². The van der Waals surface area contributed by atoms with Crippen LogP contribution in [0.15, 0.2) is 34.0 Å². The minimum absolute atomic E-state index is 0.0830. The molecule has 10 heteroatoms. The van der Waals surface area contributed by atoms with Crippen LogP contribution in [0.4, 0.5) is 15.9 Å². The van der Waals surface area contributed by atoms with E-state index in [1.807, 2.05) is 24.0 Å². The van der Waals surface area contributed by atoms with Crippen LogP contribution in [0.3, 0.4) is 0 Å². The average molecular weight is 566 g/mol. The lowest BCUT2D eigenvalue weighted by atomic mass is 9.94. The maximum atomic E-state index is 14.4. The smallest absolute Gasteiger partial charge is 0.270 e. The first kappa shape index (κ1) is 27.4. The molecule has 5 rings (SSSR count). The largest absolute Gasteiger partial charge is 0.366 e. The first-order chi connectivity index (χ1) is 18.8. The van der Waals surface area contributed by atoms with Crippen LogP contribution in [0.2, 0.25) is 0 Å². The topological polar surface area (TPSA) is 72.6 Å². The van der Waals surface area contributed by atoms with E-state index in [1.54, 1.807) is 28.5 Å². The summed E-state index contributed by atoms with van der Waals surface area (Å²) in [5.74, 6) is 0.334. The first-order valence-electron chi connectivity index (χ1n) is 13.5. The molecule has 2 aliphatic heterocycles. The molecule has 0 atom stereocenters. The number of pyridine rings is 1. The summed E-state index contributed by atoms with van der Waals surface area (Å²) in [7, 11) is 0. The summed E-state index contributed by atoms with van der Waals surface area (Å²) < 4.78 is 16.6. The van der Waals surface area contributed by atoms with E-state index < -0.39 is 0 Å². The zero-order valence-corrected chi connectivity index (χ0v) is 23.9. The van der Waals surface area contributed by atoms with E-state index in [9.17, 15) is 19.2 Å². The number of piperazine rings is 1. The summed E-state index contributed by atoms with van der Waals surface area (Å²) in [5.41, 5.74) is 1.56. The Kier molecular flexibility index (Phi) is 8.10. The Balaban J connectivity index is 1.53. The molecule has 1 amide bonds. The number of hydrogen-bond acceptors (Lipinski definition) is 7. The highest BCUT2D eigenvalue weighted by Crippen LogP contribution is 2.39. The molecule has 0 spiro atoms. The van der Waals surface area contributed by atoms with Crippen molar-refractivity contribution in [3.63, 3.8) is 0 Å². The van der Waals surface area contributed by atoms with E-state index in [0.29, 0.717) is 64.6 Å². The number of rotatable bonds is 5. The van der Waals surface area contributed by atoms with Crippen LogP contribution in [-0.2, 0) is 11.3 Å². The van der Waals surface area contributed by atoms with E-state index in [1.165, 1.54) is 24.2 Å². The van der Waals surface area contributed by atoms with Gasteiger partial charge in [-0.15, -0.1) is 0 Å². The highest BCUT2D eigenvalue weighted by atomic mass is 32.2. The Labute approximate surface area is 237 Å². The van der Waals surface area contributed by atoms with Gasteiger partial charge in [-0.05, 0) is 50.5 Å². The van der Waals surface area contributed by atoms with E-state index in [2.05, 4.69) is 11.0 Å². The number of amides is 1. The number of hydrogen-bond donors (Lipinski definition) is 0. The zero-order chi connectivity index (χ0) is 27.7. The second kappa shape index (κ2) is 11.5. The van der Waals surface area contributed by atoms with Crippen LogP contribution in [0, 0.1) is 24.1 Å². The number of halogens is 1. The van der Waals surface area contributed by atoms with E-state index in [-0.39, 0.29) is 28.9 Å². The van der Waals surface area contributed by atoms with Crippen molar-refractivity contribution in [2.24, 2.45) is 0 Å². The molecule has 2 saturated heterocycles. The molecule has 7 nitrogen and oxygen atoms in total. The summed E-state index contributed by atoms with van der Waals surface area (Å²) in [6.07, 6.45) is 7.10. The number of nitriles is 1. The molecule has 204 valence electrons. The molecule has 3 aliphatic rings. The maximum Gasteiger partial charge on any atom is 0.270 e. The number of carbonyl (C=O) groups excluding carboxylic acids is 1. The molecule has 1 aromatic carbocycles. The monoisotopic (exact) mass is 565 g/mol. The summed E-state index contributed by atoms with van der Waals surface area (Å²) in [6.45, 7) is 6.28. The molecule has 1 saturated carbocycles. The van der Waals surface area contributed by atoms with Crippen molar-refractivity contribution in [1.82, 2.24) is 9.47 Å². The van der Waals surface area contributed by atoms with Crippen molar-refractivity contribution in [1.29, 1.82) is 5.26 Å². The summed E-state index contributed by atoms with van der Waals surface area (Å²) in [5, 5.41) is 9.86. The lowest BCUT2D eigenvalue weighted by Gasteiger charge is -2.39. The Morgan fingerprint density at radius 3 is 2.41 bits per heavy atom. The summed E-state index contributed by atoms with van der Waals surface area (Å²) in [6, 6.07) is 8.96. The van der Waals surface area contributed by atoms with Gasteiger partial charge in [0.1, 0.15) is 27.6 Å². The number of anilines is 2. The van der Waals surface area contributed by atoms with Gasteiger partial charge in [-0.2, -0.15) is 5.26 Å². The van der Waals surface area contributed by atoms with Crippen molar-refractivity contribution in [3.8, 4) is 6.07 Å². The van der Waals surface area contributed by atoms with Gasteiger partial charge in [-0.25, -0.2) is 4.39 Å². The Morgan fingerprint density at radius 1 is 1.10 bits per heavy atom. The summed E-state index contributed by atoms with van der Waals surface area (Å²) in [4.78, 5) is 33.3. The summed E-state index contributed by atoms with van der Waals surface area (Å²) >= 11 is 6.94. The molecule has 1 aliphatic carbocycles. The Hall–Kier alpha value is -3.16. The molecule has 1 aromatic heterocycles. The second-order valence-electron chi connectivity index (χ2n) is 10.2. The number of thiocarbonyl (C=S) groups is 1. The lowest BCUT2D eigenvalue weighted by Crippen LogP contribution is -2.49. The fourth-order valence-electron chi connectivity index (χ4n) is 5.91. The molecule has 2 aromatic rings. The third kappa shape index (κ3) is 5.10. The zero-order valence-electron chi connectivity index (χ0n) is 22.3. The van der Waals surface area contributed by atoms with E-state index in [4.69, 9.17) is 12.2 Å². The van der Waals surface area contributed by atoms with Gasteiger partial charge in [0.25, 0.3) is 11.5 Å². The highest BCUT2D eigenvalue weighted by molar-refractivity contribution is 8.26. The molecule has 0 bridgehead atoms. The van der Waals surface area contributed by atoms with Crippen molar-refractivity contribution >= 4 is 51.8 Å². The minimum atomic E-state index is -0.337. The quantitative estimate of drug-likeness (QED) is 0.371. The van der Waals surface area contributed by atoms with Gasteiger partial charge in [-0.3, -0.25) is 19.1 Å². The van der Waals surface area contributed by atoms with Gasteiger partial charge in [0, 0.05) is 44.3 Å². The number of thioether (sulfide) groups is 1. The fraction of sp³-hybridized carbons (Fsp3) is 0.448. The van der Waals surface area contributed by atoms with Crippen LogP contribution in [0.1, 0.15) is 55.7 Å². The standard InChI is InChI=1S/C29H32FN5O2S2/c1-3-34-26(33-15-13-32(14-16-33)24-12-8-7-11-23(24)30)21(19(2)22(18-31)27(34)36)17-25-28(37)35(29(38)39-25)20-9-5-4-6-10-20/h7-8,11-12,17,20H,3-6,9-10,13-16H2,1-2H3/b25-17+. The number of benzene rings is 1. The Morgan fingerprint density at radius 2 is 1.77 bits per heavy atom. The molecule has 0 N–H and O–H groups in total. The fourth-order valence-corrected chi connectivity index (χ4v) is 7.29. The van der Waals surface area contributed by atoms with Crippen LogP contribution in [0.25, 0.3) is 6.08 Å². The number of nitrogens with zero attached hydrogens (tertiary/aromatic N) is 5. The van der Waals surface area contributed by atoms with Gasteiger partial charge >= 0.3 is 0 Å². The predicted molar refractivity (Wildman–Crippen MR) is 159 cm³/mol. The van der Waals surface area contributed by atoms with Crippen LogP contribution in [-0.4, -0.2) is 51.9 Å². The van der Waals surface area contributed by atoms with Gasteiger partial charge in [0.15, 0.2) is 0 Å². The molecule has 3 fully saturated rings. The minimum Gasteiger partial charge on any atom is -0.366 e. The molecular weight excluding hydrogens is 533 g/mol. The molecular formula is C29H32FN5O2S2. The van der Waals surface area contributed by atoms with E-state index in [0.717, 1.165) is 25.7 Å². The van der Waals surface area contributed by atoms with Crippen molar-refractivity contribution in [2.45, 2.75) is 58.5 Å². The van der Waals surface area contributed by atoms with Crippen LogP contribution < -0.4 is 15.4 Å². The third-order valence-electron chi connectivity index (χ3n) is 7.97. The van der Waals surface area contributed by atoms with Gasteiger partial charge in [-0.1, -0.05) is 55.4 Å². The van der Waals surface area contributed by atoms with Crippen LogP contribution >= 0.6 is 24.0 Å². The molecule has 0 unspecified atom stereocenters. The average Bonchev–Trinajstić information content (AvgIpc) is 3.23.